The number of rotatable bonds is 2. The third-order valence-electron chi connectivity index (χ3n) is 2.81. The van der Waals surface area contributed by atoms with E-state index in [1.807, 2.05) is 32.6 Å². The molecule has 2 amide bonds. The lowest BCUT2D eigenvalue weighted by Gasteiger charge is -2.32. The fraction of sp³-hybridized carbons (Fsp3) is 0.818. The molecule has 0 radical (unpaired) electrons. The maximum Gasteiger partial charge on any atom is 0.245 e. The molecule has 0 bridgehead atoms. The van der Waals surface area contributed by atoms with Crippen LogP contribution in [0.1, 0.15) is 40.5 Å². The molecule has 2 atom stereocenters. The van der Waals surface area contributed by atoms with Crippen LogP contribution in [0.4, 0.5) is 0 Å². The van der Waals surface area contributed by atoms with Crippen LogP contribution < -0.4 is 5.32 Å². The lowest BCUT2D eigenvalue weighted by molar-refractivity contribution is -0.136. The average Bonchev–Trinajstić information content (AvgIpc) is 2.22. The Bertz CT molecular complexity index is 263. The molecule has 1 rings (SSSR count). The van der Waals surface area contributed by atoms with E-state index in [0.717, 1.165) is 0 Å². The monoisotopic (exact) mass is 212 g/mol. The smallest absolute Gasteiger partial charge is 0.245 e. The quantitative estimate of drug-likeness (QED) is 0.739. The maximum atomic E-state index is 12.1. The first kappa shape index (κ1) is 12.0. The topological polar surface area (TPSA) is 49.4 Å². The number of hydrogen-bond acceptors (Lipinski definition) is 2. The minimum absolute atomic E-state index is 0.00551. The summed E-state index contributed by atoms with van der Waals surface area (Å²) >= 11 is 0. The summed E-state index contributed by atoms with van der Waals surface area (Å²) in [5.41, 5.74) is 0. The molecule has 1 aliphatic rings. The van der Waals surface area contributed by atoms with E-state index in [9.17, 15) is 9.59 Å². The molecule has 1 saturated heterocycles. The number of carbonyl (C=O) groups is 2. The summed E-state index contributed by atoms with van der Waals surface area (Å²) in [4.78, 5) is 25.4. The first-order chi connectivity index (χ1) is 6.97. The van der Waals surface area contributed by atoms with Gasteiger partial charge in [0, 0.05) is 18.5 Å². The van der Waals surface area contributed by atoms with Crippen LogP contribution in [-0.2, 0) is 9.59 Å². The molecule has 0 saturated carbocycles. The van der Waals surface area contributed by atoms with E-state index in [1.165, 1.54) is 0 Å². The lowest BCUT2D eigenvalue weighted by Crippen LogP contribution is -2.48. The first-order valence-electron chi connectivity index (χ1n) is 5.58. The molecule has 0 aromatic carbocycles. The molecular weight excluding hydrogens is 192 g/mol. The van der Waals surface area contributed by atoms with Crippen molar-refractivity contribution in [3.8, 4) is 0 Å². The van der Waals surface area contributed by atoms with Gasteiger partial charge in [-0.2, -0.15) is 0 Å². The van der Waals surface area contributed by atoms with E-state index in [4.69, 9.17) is 0 Å². The zero-order valence-corrected chi connectivity index (χ0v) is 9.91. The van der Waals surface area contributed by atoms with Crippen LogP contribution in [0.25, 0.3) is 0 Å². The second-order valence-corrected chi connectivity index (χ2v) is 4.42. The van der Waals surface area contributed by atoms with Gasteiger partial charge < -0.3 is 10.2 Å². The zero-order valence-electron chi connectivity index (χ0n) is 9.91. The number of nitrogens with one attached hydrogen (secondary N) is 1. The van der Waals surface area contributed by atoms with Gasteiger partial charge in [-0.15, -0.1) is 0 Å². The normalized spacial score (nSPS) is 27.9. The van der Waals surface area contributed by atoms with Gasteiger partial charge >= 0.3 is 0 Å². The molecule has 0 aromatic rings. The Hall–Kier alpha value is -1.06. The van der Waals surface area contributed by atoms with Crippen LogP contribution in [0.3, 0.4) is 0 Å². The molecule has 4 heteroatoms. The van der Waals surface area contributed by atoms with Gasteiger partial charge in [0.2, 0.25) is 11.8 Å². The fourth-order valence-electron chi connectivity index (χ4n) is 2.12. The van der Waals surface area contributed by atoms with Gasteiger partial charge in [-0.05, 0) is 27.2 Å². The minimum atomic E-state index is -0.343. The van der Waals surface area contributed by atoms with Crippen molar-refractivity contribution in [1.29, 1.82) is 0 Å². The van der Waals surface area contributed by atoms with Crippen molar-refractivity contribution in [2.45, 2.75) is 58.7 Å². The SMILES string of the molecule is CCC1NC(=O)CC(C)N(C(C)C)C1=O. The van der Waals surface area contributed by atoms with Gasteiger partial charge in [0.1, 0.15) is 6.04 Å². The third-order valence-corrected chi connectivity index (χ3v) is 2.81. The number of hydrogen-bond donors (Lipinski definition) is 1. The summed E-state index contributed by atoms with van der Waals surface area (Å²) in [6, 6.07) is -0.201. The zero-order chi connectivity index (χ0) is 11.6. The van der Waals surface area contributed by atoms with E-state index in [1.54, 1.807) is 0 Å². The molecular formula is C11H20N2O2. The number of nitrogens with zero attached hydrogens (tertiary/aromatic N) is 1. The summed E-state index contributed by atoms with van der Waals surface area (Å²) in [6.07, 6.45) is 1.06. The van der Waals surface area contributed by atoms with Crippen molar-refractivity contribution in [1.82, 2.24) is 10.2 Å². The van der Waals surface area contributed by atoms with E-state index in [2.05, 4.69) is 5.32 Å². The standard InChI is InChI=1S/C11H20N2O2/c1-5-9-11(15)13(7(2)3)8(4)6-10(14)12-9/h7-9H,5-6H2,1-4H3,(H,12,14). The van der Waals surface area contributed by atoms with Gasteiger partial charge in [0.05, 0.1) is 0 Å². The average molecular weight is 212 g/mol. The fourth-order valence-corrected chi connectivity index (χ4v) is 2.12. The van der Waals surface area contributed by atoms with E-state index in [-0.39, 0.29) is 29.9 Å². The highest BCUT2D eigenvalue weighted by atomic mass is 16.2. The molecule has 0 aliphatic carbocycles. The Morgan fingerprint density at radius 3 is 2.53 bits per heavy atom. The highest BCUT2D eigenvalue weighted by Gasteiger charge is 2.33. The van der Waals surface area contributed by atoms with Gasteiger partial charge in [-0.1, -0.05) is 6.92 Å². The molecule has 86 valence electrons. The molecule has 15 heavy (non-hydrogen) atoms. The molecule has 1 fully saturated rings. The molecule has 0 spiro atoms. The summed E-state index contributed by atoms with van der Waals surface area (Å²) in [6.45, 7) is 7.81. The van der Waals surface area contributed by atoms with Crippen LogP contribution in [0.5, 0.6) is 0 Å². The van der Waals surface area contributed by atoms with Crippen molar-refractivity contribution in [2.75, 3.05) is 0 Å². The van der Waals surface area contributed by atoms with Gasteiger partial charge in [-0.25, -0.2) is 0 Å². The molecule has 1 heterocycles. The van der Waals surface area contributed by atoms with Crippen molar-refractivity contribution >= 4 is 11.8 Å². The van der Waals surface area contributed by atoms with Crippen molar-refractivity contribution in [2.24, 2.45) is 0 Å². The molecule has 0 aromatic heterocycles. The summed E-state index contributed by atoms with van der Waals surface area (Å²) in [5.74, 6) is 0.0247. The summed E-state index contributed by atoms with van der Waals surface area (Å²) in [7, 11) is 0. The summed E-state index contributed by atoms with van der Waals surface area (Å²) < 4.78 is 0. The predicted octanol–water partition coefficient (Wildman–Crippen LogP) is 0.910. The van der Waals surface area contributed by atoms with Crippen molar-refractivity contribution in [3.05, 3.63) is 0 Å². The first-order valence-corrected chi connectivity index (χ1v) is 5.58. The van der Waals surface area contributed by atoms with Crippen LogP contribution in [0.2, 0.25) is 0 Å². The van der Waals surface area contributed by atoms with Gasteiger partial charge in [0.25, 0.3) is 0 Å². The predicted molar refractivity (Wildman–Crippen MR) is 58.3 cm³/mol. The Kier molecular flexibility index (Phi) is 3.72. The highest BCUT2D eigenvalue weighted by Crippen LogP contribution is 2.15. The Morgan fingerprint density at radius 1 is 1.47 bits per heavy atom. The lowest BCUT2D eigenvalue weighted by atomic mass is 10.1. The van der Waals surface area contributed by atoms with E-state index < -0.39 is 0 Å². The van der Waals surface area contributed by atoms with Crippen LogP contribution in [0, 0.1) is 0 Å². The van der Waals surface area contributed by atoms with Crippen LogP contribution in [-0.4, -0.2) is 34.8 Å². The third kappa shape index (κ3) is 2.49. The highest BCUT2D eigenvalue weighted by molar-refractivity contribution is 5.90. The number of amides is 2. The maximum absolute atomic E-state index is 12.1. The van der Waals surface area contributed by atoms with E-state index >= 15 is 0 Å². The molecule has 4 nitrogen and oxygen atoms in total. The Balaban J connectivity index is 2.93. The second-order valence-electron chi connectivity index (χ2n) is 4.42. The molecule has 1 aliphatic heterocycles. The minimum Gasteiger partial charge on any atom is -0.344 e. The Labute approximate surface area is 91.0 Å². The van der Waals surface area contributed by atoms with Crippen LogP contribution in [0.15, 0.2) is 0 Å². The molecule has 1 N–H and O–H groups in total. The van der Waals surface area contributed by atoms with E-state index in [0.29, 0.717) is 12.8 Å². The number of carbonyl (C=O) groups excluding carboxylic acids is 2. The van der Waals surface area contributed by atoms with Crippen molar-refractivity contribution < 1.29 is 9.59 Å². The van der Waals surface area contributed by atoms with Crippen molar-refractivity contribution in [3.63, 3.8) is 0 Å². The summed E-state index contributed by atoms with van der Waals surface area (Å²) in [5, 5.41) is 2.76. The van der Waals surface area contributed by atoms with Crippen LogP contribution >= 0.6 is 0 Å². The Morgan fingerprint density at radius 2 is 2.07 bits per heavy atom. The second kappa shape index (κ2) is 4.64. The molecule has 2 unspecified atom stereocenters. The van der Waals surface area contributed by atoms with Gasteiger partial charge in [-0.3, -0.25) is 9.59 Å². The largest absolute Gasteiger partial charge is 0.344 e. The van der Waals surface area contributed by atoms with Gasteiger partial charge in [0.15, 0.2) is 0 Å².